The van der Waals surface area contributed by atoms with Gasteiger partial charge in [-0.1, -0.05) is 29.3 Å². The first-order chi connectivity index (χ1) is 7.43. The first-order valence-corrected chi connectivity index (χ1v) is 5.63. The van der Waals surface area contributed by atoms with Crippen molar-refractivity contribution in [2.24, 2.45) is 0 Å². The van der Waals surface area contributed by atoms with Crippen LogP contribution in [0.15, 0.2) is 18.2 Å². The Morgan fingerprint density at radius 1 is 1.38 bits per heavy atom. The maximum Gasteiger partial charge on any atom is 0.429 e. The maximum atomic E-state index is 11.5. The van der Waals surface area contributed by atoms with Crippen LogP contribution in [-0.2, 0) is 4.74 Å². The number of carbonyl (C=O) groups is 1. The fraction of sp³-hybridized carbons (Fsp3) is 0.300. The molecule has 0 N–H and O–H groups in total. The summed E-state index contributed by atoms with van der Waals surface area (Å²) in [5, 5.41) is 0.530. The van der Waals surface area contributed by atoms with E-state index in [1.807, 2.05) is 0 Å². The van der Waals surface area contributed by atoms with E-state index >= 15 is 0 Å². The number of carbonyl (C=O) groups excluding carboxylic acids is 1. The minimum absolute atomic E-state index is 0.208. The van der Waals surface area contributed by atoms with E-state index in [0.29, 0.717) is 10.7 Å². The largest absolute Gasteiger partial charge is 0.446 e. The van der Waals surface area contributed by atoms with Crippen molar-refractivity contribution in [3.63, 3.8) is 0 Å². The predicted octanol–water partition coefficient (Wildman–Crippen LogP) is 4.50. The van der Waals surface area contributed by atoms with Crippen LogP contribution in [0, 0.1) is 0 Å². The normalized spacial score (nSPS) is 10.4. The van der Waals surface area contributed by atoms with E-state index in [-0.39, 0.29) is 11.1 Å². The zero-order valence-electron chi connectivity index (χ0n) is 8.71. The summed E-state index contributed by atoms with van der Waals surface area (Å²) in [6.45, 7) is 3.45. The monoisotopic (exact) mass is 281 g/mol. The van der Waals surface area contributed by atoms with Gasteiger partial charge in [-0.2, -0.15) is 4.42 Å². The molecule has 3 nitrogen and oxygen atoms in total. The molecule has 0 saturated carbocycles. The Morgan fingerprint density at radius 2 is 2.00 bits per heavy atom. The number of hydrogen-bond donors (Lipinski definition) is 0. The van der Waals surface area contributed by atoms with Crippen molar-refractivity contribution >= 4 is 46.8 Å². The molecule has 0 fully saturated rings. The average molecular weight is 283 g/mol. The maximum absolute atomic E-state index is 11.5. The third-order valence-electron chi connectivity index (χ3n) is 1.64. The van der Waals surface area contributed by atoms with Crippen molar-refractivity contribution < 1.29 is 9.53 Å². The summed E-state index contributed by atoms with van der Waals surface area (Å²) in [5.41, 5.74) is 0.293. The lowest BCUT2D eigenvalue weighted by molar-refractivity contribution is 0.126. The van der Waals surface area contributed by atoms with E-state index < -0.39 is 6.09 Å². The average Bonchev–Trinajstić information content (AvgIpc) is 2.20. The SMILES string of the molecule is CC(C)OC(=O)N(Cl)c1cccc(Cl)c1Cl. The molecule has 1 amide bonds. The van der Waals surface area contributed by atoms with E-state index in [9.17, 15) is 4.79 Å². The van der Waals surface area contributed by atoms with Crippen LogP contribution in [0.2, 0.25) is 10.0 Å². The molecule has 6 heteroatoms. The highest BCUT2D eigenvalue weighted by atomic mass is 35.5. The molecule has 0 aliphatic heterocycles. The topological polar surface area (TPSA) is 29.5 Å². The first-order valence-electron chi connectivity index (χ1n) is 4.54. The lowest BCUT2D eigenvalue weighted by atomic mass is 10.3. The number of halogens is 3. The molecule has 1 rings (SSSR count). The molecule has 0 atom stereocenters. The highest BCUT2D eigenvalue weighted by Crippen LogP contribution is 2.33. The molecule has 0 saturated heterocycles. The van der Waals surface area contributed by atoms with Gasteiger partial charge in [0.2, 0.25) is 0 Å². The smallest absolute Gasteiger partial charge is 0.429 e. The molecule has 0 aliphatic rings. The second-order valence-electron chi connectivity index (χ2n) is 3.29. The second-order valence-corrected chi connectivity index (χ2v) is 4.41. The lowest BCUT2D eigenvalue weighted by Crippen LogP contribution is -2.24. The van der Waals surface area contributed by atoms with Gasteiger partial charge in [-0.25, -0.2) is 4.79 Å². The minimum Gasteiger partial charge on any atom is -0.446 e. The number of benzene rings is 1. The molecule has 0 aromatic heterocycles. The summed E-state index contributed by atoms with van der Waals surface area (Å²) < 4.78 is 5.71. The third kappa shape index (κ3) is 3.17. The molecule has 1 aromatic carbocycles. The molecule has 0 unspecified atom stereocenters. The summed E-state index contributed by atoms with van der Waals surface area (Å²) in [5.74, 6) is 0. The molecule has 16 heavy (non-hydrogen) atoms. The van der Waals surface area contributed by atoms with Crippen molar-refractivity contribution in [2.45, 2.75) is 20.0 Å². The number of hydrogen-bond acceptors (Lipinski definition) is 2. The predicted molar refractivity (Wildman–Crippen MR) is 66.4 cm³/mol. The molecule has 88 valence electrons. The fourth-order valence-electron chi connectivity index (χ4n) is 0.990. The summed E-state index contributed by atoms with van der Waals surface area (Å²) >= 11 is 17.5. The van der Waals surface area contributed by atoms with Gasteiger partial charge in [0, 0.05) is 11.8 Å². The van der Waals surface area contributed by atoms with Gasteiger partial charge < -0.3 is 4.74 Å². The van der Waals surface area contributed by atoms with E-state index in [2.05, 4.69) is 0 Å². The third-order valence-corrected chi connectivity index (χ3v) is 2.77. The second kappa shape index (κ2) is 5.62. The number of ether oxygens (including phenoxy) is 1. The molecule has 1 aromatic rings. The molecule has 0 heterocycles. The Hall–Kier alpha value is -0.640. The summed E-state index contributed by atoms with van der Waals surface area (Å²) in [7, 11) is 0. The van der Waals surface area contributed by atoms with Crippen LogP contribution in [0.5, 0.6) is 0 Å². The Balaban J connectivity index is 2.92. The van der Waals surface area contributed by atoms with Gasteiger partial charge in [0.05, 0.1) is 21.8 Å². The minimum atomic E-state index is -0.694. The van der Waals surface area contributed by atoms with Gasteiger partial charge in [-0.15, -0.1) is 0 Å². The molecule has 0 aliphatic carbocycles. The Labute approximate surface area is 109 Å². The van der Waals surface area contributed by atoms with Gasteiger partial charge >= 0.3 is 6.09 Å². The number of nitrogens with zero attached hydrogens (tertiary/aromatic N) is 1. The Bertz CT molecular complexity index is 396. The fourth-order valence-corrected chi connectivity index (χ4v) is 1.59. The van der Waals surface area contributed by atoms with Crippen molar-refractivity contribution in [1.29, 1.82) is 0 Å². The number of anilines is 1. The van der Waals surface area contributed by atoms with Gasteiger partial charge in [0.15, 0.2) is 0 Å². The van der Waals surface area contributed by atoms with Crippen molar-refractivity contribution in [1.82, 2.24) is 0 Å². The molecule has 0 bridgehead atoms. The van der Waals surface area contributed by atoms with Gasteiger partial charge in [-0.05, 0) is 26.0 Å². The summed E-state index contributed by atoms with van der Waals surface area (Å²) in [6.07, 6.45) is -0.951. The van der Waals surface area contributed by atoms with E-state index in [4.69, 9.17) is 39.7 Å². The van der Waals surface area contributed by atoms with Crippen molar-refractivity contribution in [2.75, 3.05) is 4.42 Å². The zero-order chi connectivity index (χ0) is 12.3. The van der Waals surface area contributed by atoms with Gasteiger partial charge in [-0.3, -0.25) is 0 Å². The zero-order valence-corrected chi connectivity index (χ0v) is 11.0. The summed E-state index contributed by atoms with van der Waals surface area (Å²) in [4.78, 5) is 11.5. The van der Waals surface area contributed by atoms with E-state index in [1.165, 1.54) is 0 Å². The van der Waals surface area contributed by atoms with Crippen LogP contribution in [0.1, 0.15) is 13.8 Å². The van der Waals surface area contributed by atoms with E-state index in [0.717, 1.165) is 4.42 Å². The molecule has 0 radical (unpaired) electrons. The molecular weight excluding hydrogens is 272 g/mol. The standard InChI is InChI=1S/C10H10Cl3NO2/c1-6(2)16-10(15)14(13)8-5-3-4-7(11)9(8)12/h3-6H,1-2H3. The summed E-state index contributed by atoms with van der Waals surface area (Å²) in [6, 6.07) is 4.82. The Morgan fingerprint density at radius 3 is 2.56 bits per heavy atom. The van der Waals surface area contributed by atoms with Crippen LogP contribution in [0.4, 0.5) is 10.5 Å². The molecular formula is C10H10Cl3NO2. The van der Waals surface area contributed by atoms with Crippen LogP contribution in [-0.4, -0.2) is 12.2 Å². The number of rotatable bonds is 2. The highest BCUT2D eigenvalue weighted by molar-refractivity contribution is 6.46. The lowest BCUT2D eigenvalue weighted by Gasteiger charge is -2.17. The van der Waals surface area contributed by atoms with Crippen molar-refractivity contribution in [3.05, 3.63) is 28.2 Å². The van der Waals surface area contributed by atoms with Crippen LogP contribution in [0.3, 0.4) is 0 Å². The van der Waals surface area contributed by atoms with Gasteiger partial charge in [0.1, 0.15) is 0 Å². The first kappa shape index (κ1) is 13.4. The highest BCUT2D eigenvalue weighted by Gasteiger charge is 2.19. The number of amides is 1. The molecule has 0 spiro atoms. The quantitative estimate of drug-likeness (QED) is 0.748. The van der Waals surface area contributed by atoms with E-state index in [1.54, 1.807) is 32.0 Å². The van der Waals surface area contributed by atoms with Crippen LogP contribution >= 0.6 is 35.0 Å². The van der Waals surface area contributed by atoms with Gasteiger partial charge in [0.25, 0.3) is 0 Å². The van der Waals surface area contributed by atoms with Crippen LogP contribution < -0.4 is 4.42 Å². The Kier molecular flexibility index (Phi) is 4.71. The van der Waals surface area contributed by atoms with Crippen LogP contribution in [0.25, 0.3) is 0 Å². The van der Waals surface area contributed by atoms with Crippen molar-refractivity contribution in [3.8, 4) is 0 Å².